The highest BCUT2D eigenvalue weighted by atomic mass is 16.6. The van der Waals surface area contributed by atoms with Gasteiger partial charge in [0, 0.05) is 6.54 Å². The number of benzene rings is 1. The Balaban J connectivity index is 1.44. The summed E-state index contributed by atoms with van der Waals surface area (Å²) in [5.41, 5.74) is 0.0941. The monoisotopic (exact) mass is 549 g/mol. The Bertz CT molecular complexity index is 1390. The van der Waals surface area contributed by atoms with Crippen LogP contribution in [0.1, 0.15) is 33.6 Å². The molecule has 6 rings (SSSR count). The summed E-state index contributed by atoms with van der Waals surface area (Å²) in [7, 11) is 0. The Morgan fingerprint density at radius 2 is 1.95 bits per heavy atom. The minimum absolute atomic E-state index is 0.112. The zero-order valence-electron chi connectivity index (χ0n) is 22.9. The molecule has 7 atom stereocenters. The van der Waals surface area contributed by atoms with Crippen LogP contribution in [-0.4, -0.2) is 90.7 Å². The topological polar surface area (TPSA) is 127 Å². The third kappa shape index (κ3) is 4.05. The van der Waals surface area contributed by atoms with Crippen LogP contribution in [0, 0.1) is 17.8 Å². The number of aliphatic hydroxyl groups is 1. The van der Waals surface area contributed by atoms with Gasteiger partial charge in [-0.1, -0.05) is 55.5 Å². The number of aromatic nitrogens is 3. The molecule has 2 aromatic rings. The highest BCUT2D eigenvalue weighted by Gasteiger charge is 2.72. The Morgan fingerprint density at radius 3 is 2.73 bits per heavy atom. The minimum Gasteiger partial charge on any atom is -0.462 e. The summed E-state index contributed by atoms with van der Waals surface area (Å²) < 4.78 is 14.1. The maximum absolute atomic E-state index is 14.5. The van der Waals surface area contributed by atoms with E-state index in [0.29, 0.717) is 18.4 Å². The molecular weight excluding hydrogens is 514 g/mol. The van der Waals surface area contributed by atoms with E-state index in [4.69, 9.17) is 9.47 Å². The second-order valence-corrected chi connectivity index (χ2v) is 11.5. The number of nitrogens with zero attached hydrogens (tertiary/aromatic N) is 5. The molecule has 11 nitrogen and oxygen atoms in total. The molecule has 1 N–H and O–H groups in total. The van der Waals surface area contributed by atoms with Crippen LogP contribution < -0.4 is 0 Å². The molecule has 2 saturated heterocycles. The summed E-state index contributed by atoms with van der Waals surface area (Å²) in [4.78, 5) is 45.4. The van der Waals surface area contributed by atoms with Crippen LogP contribution in [0.3, 0.4) is 0 Å². The summed E-state index contributed by atoms with van der Waals surface area (Å²) in [6, 6.07) is 5.77. The molecule has 1 aromatic carbocycles. The smallest absolute Gasteiger partial charge is 0.313 e. The summed E-state index contributed by atoms with van der Waals surface area (Å²) in [5, 5.41) is 18.9. The van der Waals surface area contributed by atoms with Gasteiger partial charge in [0.1, 0.15) is 29.7 Å². The van der Waals surface area contributed by atoms with E-state index in [2.05, 4.69) is 10.3 Å². The fourth-order valence-electron chi connectivity index (χ4n) is 6.72. The lowest BCUT2D eigenvalue weighted by molar-refractivity contribution is -0.160. The maximum Gasteiger partial charge on any atom is 0.313 e. The van der Waals surface area contributed by atoms with Crippen molar-refractivity contribution in [3.8, 4) is 0 Å². The number of ether oxygens (including phenoxy) is 2. The van der Waals surface area contributed by atoms with Crippen molar-refractivity contribution in [2.75, 3.05) is 13.2 Å². The fraction of sp³-hybridized carbons (Fsp3) is 0.552. The second kappa shape index (κ2) is 10.1. The molecule has 4 aliphatic rings. The van der Waals surface area contributed by atoms with Crippen LogP contribution in [0.4, 0.5) is 0 Å². The number of rotatable bonds is 5. The Kier molecular flexibility index (Phi) is 6.74. The van der Waals surface area contributed by atoms with Crippen molar-refractivity contribution >= 4 is 28.8 Å². The highest BCUT2D eigenvalue weighted by molar-refractivity contribution is 5.99. The van der Waals surface area contributed by atoms with E-state index >= 15 is 0 Å². The lowest BCUT2D eigenvalue weighted by atomic mass is 9.78. The Morgan fingerprint density at radius 1 is 1.15 bits per heavy atom. The molecular formula is C29H35N5O6. The van der Waals surface area contributed by atoms with Crippen LogP contribution in [0.15, 0.2) is 48.6 Å². The molecule has 5 heterocycles. The average molecular weight is 550 g/mol. The SMILES string of the molecule is CC1CC/C=C\[C@H]2OC34C=CCN(Cn5nnc6ccccc65)C(=O)[C@H]3N(C(CO)C(C)C)C(=O)[C@@H]4C2C(=O)O1. The summed E-state index contributed by atoms with van der Waals surface area (Å²) >= 11 is 0. The molecule has 1 aromatic heterocycles. The number of hydrogen-bond donors (Lipinski definition) is 1. The Hall–Kier alpha value is -3.57. The number of amides is 2. The molecule has 11 heteroatoms. The maximum atomic E-state index is 14.5. The normalized spacial score (nSPS) is 33.6. The fourth-order valence-corrected chi connectivity index (χ4v) is 6.72. The molecule has 4 unspecified atom stereocenters. The van der Waals surface area contributed by atoms with Gasteiger partial charge in [-0.2, -0.15) is 0 Å². The van der Waals surface area contributed by atoms with Gasteiger partial charge in [0.15, 0.2) is 0 Å². The van der Waals surface area contributed by atoms with E-state index in [0.717, 1.165) is 5.52 Å². The number of carbonyl (C=O) groups excluding carboxylic acids is 3. The molecule has 212 valence electrons. The zero-order chi connectivity index (χ0) is 28.2. The van der Waals surface area contributed by atoms with Gasteiger partial charge in [-0.05, 0) is 37.8 Å². The average Bonchev–Trinajstić information content (AvgIpc) is 3.52. The van der Waals surface area contributed by atoms with Gasteiger partial charge >= 0.3 is 5.97 Å². The number of para-hydroxylation sites is 1. The quantitative estimate of drug-likeness (QED) is 0.441. The number of hydrogen-bond acceptors (Lipinski definition) is 8. The van der Waals surface area contributed by atoms with Gasteiger partial charge in [0.25, 0.3) is 5.91 Å². The standard InChI is InChI=1S/C29H35N5O6/c1-17(2)21(15-35)34-25-27(37)32(16-33-20-11-6-5-10-19(20)30-31-33)14-8-13-29(25)24(26(34)36)23-22(40-29)12-7-4-9-18(3)39-28(23)38/h5-8,10-13,17-18,21-25,35H,4,9,14-16H2,1-3H3/b12-7-/t18?,21?,22-,23?,24+,25-,29?/m1/s1. The first kappa shape index (κ1) is 26.6. The lowest BCUT2D eigenvalue weighted by Crippen LogP contribution is -2.59. The van der Waals surface area contributed by atoms with Crippen molar-refractivity contribution in [1.29, 1.82) is 0 Å². The van der Waals surface area contributed by atoms with Gasteiger partial charge in [-0.15, -0.1) is 5.10 Å². The van der Waals surface area contributed by atoms with Crippen molar-refractivity contribution in [2.45, 2.75) is 70.2 Å². The first-order valence-corrected chi connectivity index (χ1v) is 14.0. The van der Waals surface area contributed by atoms with Crippen LogP contribution in [0.2, 0.25) is 0 Å². The van der Waals surface area contributed by atoms with Crippen LogP contribution in [0.5, 0.6) is 0 Å². The van der Waals surface area contributed by atoms with Crippen molar-refractivity contribution < 1.29 is 29.0 Å². The predicted molar refractivity (Wildman–Crippen MR) is 143 cm³/mol. The molecule has 0 radical (unpaired) electrons. The number of fused-ring (bicyclic) bond motifs is 3. The van der Waals surface area contributed by atoms with Gasteiger partial charge in [-0.3, -0.25) is 14.4 Å². The number of likely N-dealkylation sites (tertiary alicyclic amines) is 1. The van der Waals surface area contributed by atoms with E-state index in [-0.39, 0.29) is 43.7 Å². The van der Waals surface area contributed by atoms with Crippen LogP contribution in [0.25, 0.3) is 11.0 Å². The molecule has 2 amide bonds. The van der Waals surface area contributed by atoms with Gasteiger partial charge in [0.05, 0.1) is 36.3 Å². The van der Waals surface area contributed by atoms with Gasteiger partial charge < -0.3 is 24.4 Å². The number of esters is 1. The molecule has 0 aliphatic carbocycles. The highest BCUT2D eigenvalue weighted by Crippen LogP contribution is 2.54. The minimum atomic E-state index is -1.39. The van der Waals surface area contributed by atoms with E-state index in [1.54, 1.807) is 15.7 Å². The number of aliphatic hydroxyl groups excluding tert-OH is 1. The predicted octanol–water partition coefficient (Wildman–Crippen LogP) is 1.67. The molecule has 1 spiro atoms. The molecule has 4 aliphatic heterocycles. The van der Waals surface area contributed by atoms with Crippen LogP contribution in [-0.2, 0) is 30.5 Å². The van der Waals surface area contributed by atoms with Gasteiger partial charge in [-0.25, -0.2) is 4.68 Å². The van der Waals surface area contributed by atoms with Crippen molar-refractivity contribution in [1.82, 2.24) is 24.8 Å². The second-order valence-electron chi connectivity index (χ2n) is 11.5. The van der Waals surface area contributed by atoms with Crippen LogP contribution >= 0.6 is 0 Å². The largest absolute Gasteiger partial charge is 0.462 e. The Labute approximate surface area is 232 Å². The third-order valence-electron chi connectivity index (χ3n) is 8.71. The van der Waals surface area contributed by atoms with E-state index in [1.807, 2.05) is 63.3 Å². The zero-order valence-corrected chi connectivity index (χ0v) is 22.9. The lowest BCUT2D eigenvalue weighted by Gasteiger charge is -2.39. The van der Waals surface area contributed by atoms with Crippen molar-refractivity contribution in [2.24, 2.45) is 17.8 Å². The van der Waals surface area contributed by atoms with Crippen molar-refractivity contribution in [3.05, 3.63) is 48.6 Å². The van der Waals surface area contributed by atoms with Crippen molar-refractivity contribution in [3.63, 3.8) is 0 Å². The first-order valence-electron chi connectivity index (χ1n) is 14.0. The summed E-state index contributed by atoms with van der Waals surface area (Å²) in [6.45, 7) is 5.66. The molecule has 2 fully saturated rings. The summed E-state index contributed by atoms with van der Waals surface area (Å²) in [6.07, 6.45) is 7.76. The van der Waals surface area contributed by atoms with E-state index in [9.17, 15) is 19.5 Å². The molecule has 0 saturated carbocycles. The summed E-state index contributed by atoms with van der Waals surface area (Å²) in [5.74, 6) is -3.25. The van der Waals surface area contributed by atoms with E-state index in [1.165, 1.54) is 4.90 Å². The number of cyclic esters (lactones) is 1. The number of carbonyl (C=O) groups is 3. The molecule has 40 heavy (non-hydrogen) atoms. The van der Waals surface area contributed by atoms with Gasteiger partial charge in [0.2, 0.25) is 5.91 Å². The number of allylic oxidation sites excluding steroid dienone is 1. The first-order chi connectivity index (χ1) is 19.3. The third-order valence-corrected chi connectivity index (χ3v) is 8.71. The van der Waals surface area contributed by atoms with E-state index < -0.39 is 41.6 Å². The molecule has 0 bridgehead atoms.